The van der Waals surface area contributed by atoms with Gasteiger partial charge < -0.3 is 0 Å². The highest BCUT2D eigenvalue weighted by Crippen LogP contribution is 2.37. The predicted octanol–water partition coefficient (Wildman–Crippen LogP) is 5.15. The number of thiazole rings is 2. The molecule has 0 fully saturated rings. The molecule has 2 nitrogen and oxygen atoms in total. The molecule has 3 rings (SSSR count). The topological polar surface area (TPSA) is 25.8 Å². The number of fused-ring (bicyclic) bond motifs is 3. The summed E-state index contributed by atoms with van der Waals surface area (Å²) in [4.78, 5) is 9.43. The number of benzene rings is 1. The number of aromatic nitrogens is 2. The van der Waals surface area contributed by atoms with E-state index in [9.17, 15) is 0 Å². The largest absolute Gasteiger partial charge is 0.241 e. The quantitative estimate of drug-likeness (QED) is 0.646. The van der Waals surface area contributed by atoms with Crippen molar-refractivity contribution in [1.29, 1.82) is 0 Å². The highest BCUT2D eigenvalue weighted by Gasteiger charge is 2.14. The van der Waals surface area contributed by atoms with Crippen LogP contribution in [0.5, 0.6) is 0 Å². The first-order valence-corrected chi connectivity index (χ1v) is 7.89. The van der Waals surface area contributed by atoms with Gasteiger partial charge in [-0.1, -0.05) is 27.7 Å². The van der Waals surface area contributed by atoms with Crippen LogP contribution in [0.3, 0.4) is 0 Å². The molecule has 0 saturated heterocycles. The zero-order valence-corrected chi connectivity index (χ0v) is 12.7. The smallest absolute Gasteiger partial charge is 0.0964 e. The van der Waals surface area contributed by atoms with E-state index in [4.69, 9.17) is 9.97 Å². The van der Waals surface area contributed by atoms with Crippen molar-refractivity contribution in [2.24, 2.45) is 0 Å². The predicted molar refractivity (Wildman–Crippen MR) is 81.0 cm³/mol. The van der Waals surface area contributed by atoms with E-state index in [1.807, 2.05) is 22.7 Å². The first kappa shape index (κ1) is 12.1. The fraction of sp³-hybridized carbons (Fsp3) is 0.429. The number of hydrogen-bond donors (Lipinski definition) is 0. The van der Waals surface area contributed by atoms with Gasteiger partial charge in [0.25, 0.3) is 0 Å². The molecule has 18 heavy (non-hydrogen) atoms. The van der Waals surface area contributed by atoms with Gasteiger partial charge in [-0.25, -0.2) is 9.97 Å². The minimum atomic E-state index is 0.495. The summed E-state index contributed by atoms with van der Waals surface area (Å²) in [6.07, 6.45) is 0. The lowest BCUT2D eigenvalue weighted by Crippen LogP contribution is -1.83. The highest BCUT2D eigenvalue weighted by molar-refractivity contribution is 7.26. The van der Waals surface area contributed by atoms with E-state index in [0.717, 1.165) is 11.0 Å². The molecule has 0 unspecified atom stereocenters. The SMILES string of the molecule is CC(C)c1nc2ccc3nc(C(C)C)sc3c2s1. The van der Waals surface area contributed by atoms with E-state index < -0.39 is 0 Å². The molecule has 0 bridgehead atoms. The van der Waals surface area contributed by atoms with E-state index in [1.54, 1.807) is 0 Å². The van der Waals surface area contributed by atoms with Gasteiger partial charge in [0.15, 0.2) is 0 Å². The van der Waals surface area contributed by atoms with Crippen molar-refractivity contribution in [3.8, 4) is 0 Å². The Bertz CT molecular complexity index is 646. The Kier molecular flexibility index (Phi) is 2.87. The Balaban J connectivity index is 2.30. The average Bonchev–Trinajstić information content (AvgIpc) is 2.91. The molecule has 0 aliphatic heterocycles. The van der Waals surface area contributed by atoms with Crippen molar-refractivity contribution in [1.82, 2.24) is 9.97 Å². The van der Waals surface area contributed by atoms with E-state index in [2.05, 4.69) is 39.8 Å². The maximum Gasteiger partial charge on any atom is 0.0964 e. The van der Waals surface area contributed by atoms with Crippen molar-refractivity contribution in [2.45, 2.75) is 39.5 Å². The second-order valence-electron chi connectivity index (χ2n) is 5.18. The van der Waals surface area contributed by atoms with Gasteiger partial charge in [-0.3, -0.25) is 0 Å². The maximum atomic E-state index is 4.71. The van der Waals surface area contributed by atoms with Crippen LogP contribution in [0.4, 0.5) is 0 Å². The van der Waals surface area contributed by atoms with Crippen LogP contribution in [0.1, 0.15) is 49.5 Å². The van der Waals surface area contributed by atoms with Crippen molar-refractivity contribution < 1.29 is 0 Å². The molecule has 0 spiro atoms. The Morgan fingerprint density at radius 3 is 1.50 bits per heavy atom. The monoisotopic (exact) mass is 276 g/mol. The standard InChI is InChI=1S/C14H16N2S2/c1-7(2)13-15-9-5-6-10-12(11(9)17-13)18-14(16-10)8(3)4/h5-8H,1-4H3. The van der Waals surface area contributed by atoms with Crippen molar-refractivity contribution in [3.05, 3.63) is 22.1 Å². The second-order valence-corrected chi connectivity index (χ2v) is 7.24. The number of hydrogen-bond acceptors (Lipinski definition) is 4. The van der Waals surface area contributed by atoms with E-state index in [0.29, 0.717) is 11.8 Å². The third-order valence-corrected chi connectivity index (χ3v) is 5.84. The van der Waals surface area contributed by atoms with Crippen LogP contribution in [0.2, 0.25) is 0 Å². The molecule has 3 aromatic rings. The molecular formula is C14H16N2S2. The van der Waals surface area contributed by atoms with Crippen LogP contribution < -0.4 is 0 Å². The van der Waals surface area contributed by atoms with Crippen LogP contribution >= 0.6 is 22.7 Å². The Hall–Kier alpha value is -1.00. The van der Waals surface area contributed by atoms with E-state index in [-0.39, 0.29) is 0 Å². The molecule has 0 radical (unpaired) electrons. The van der Waals surface area contributed by atoms with Gasteiger partial charge >= 0.3 is 0 Å². The minimum Gasteiger partial charge on any atom is -0.241 e. The molecule has 0 aliphatic carbocycles. The summed E-state index contributed by atoms with van der Waals surface area (Å²) in [7, 11) is 0. The Morgan fingerprint density at radius 2 is 1.17 bits per heavy atom. The summed E-state index contributed by atoms with van der Waals surface area (Å²) in [5, 5.41) is 2.44. The normalized spacial score (nSPS) is 12.3. The van der Waals surface area contributed by atoms with Gasteiger partial charge in [0.05, 0.1) is 30.4 Å². The summed E-state index contributed by atoms with van der Waals surface area (Å²) in [6, 6.07) is 4.20. The third kappa shape index (κ3) is 1.84. The number of rotatable bonds is 2. The maximum absolute atomic E-state index is 4.71. The summed E-state index contributed by atoms with van der Waals surface area (Å²) in [6.45, 7) is 8.78. The first-order chi connectivity index (χ1) is 8.56. The van der Waals surface area contributed by atoms with Crippen LogP contribution in [0.15, 0.2) is 12.1 Å². The van der Waals surface area contributed by atoms with E-state index >= 15 is 0 Å². The van der Waals surface area contributed by atoms with Crippen LogP contribution in [0, 0.1) is 0 Å². The summed E-state index contributed by atoms with van der Waals surface area (Å²) < 4.78 is 2.61. The van der Waals surface area contributed by atoms with Crippen LogP contribution in [-0.4, -0.2) is 9.97 Å². The summed E-state index contributed by atoms with van der Waals surface area (Å²) in [5.74, 6) is 0.991. The van der Waals surface area contributed by atoms with Gasteiger partial charge in [0.1, 0.15) is 0 Å². The average molecular weight is 276 g/mol. The summed E-state index contributed by atoms with van der Waals surface area (Å²) >= 11 is 3.64. The van der Waals surface area contributed by atoms with Crippen molar-refractivity contribution in [3.63, 3.8) is 0 Å². The van der Waals surface area contributed by atoms with Gasteiger partial charge in [-0.05, 0) is 12.1 Å². The third-order valence-electron chi connectivity index (χ3n) is 2.93. The number of nitrogens with zero attached hydrogens (tertiary/aromatic N) is 2. The lowest BCUT2D eigenvalue weighted by Gasteiger charge is -1.94. The molecule has 0 amide bonds. The van der Waals surface area contributed by atoms with Gasteiger partial charge in [-0.15, -0.1) is 22.7 Å². The molecule has 0 saturated carbocycles. The highest BCUT2D eigenvalue weighted by atomic mass is 32.1. The molecule has 1 aromatic carbocycles. The van der Waals surface area contributed by atoms with Gasteiger partial charge in [0.2, 0.25) is 0 Å². The Morgan fingerprint density at radius 1 is 0.778 bits per heavy atom. The fourth-order valence-electron chi connectivity index (χ4n) is 1.90. The Labute approximate surface area is 115 Å². The zero-order valence-electron chi connectivity index (χ0n) is 11.0. The lowest BCUT2D eigenvalue weighted by atomic mass is 10.2. The molecule has 2 aromatic heterocycles. The summed E-state index contributed by atoms with van der Waals surface area (Å²) in [5.41, 5.74) is 2.24. The molecule has 0 aliphatic rings. The zero-order chi connectivity index (χ0) is 12.9. The minimum absolute atomic E-state index is 0.495. The molecule has 4 heteroatoms. The molecule has 0 N–H and O–H groups in total. The molecule has 0 atom stereocenters. The van der Waals surface area contributed by atoms with E-state index in [1.165, 1.54) is 19.4 Å². The van der Waals surface area contributed by atoms with Crippen LogP contribution in [-0.2, 0) is 0 Å². The van der Waals surface area contributed by atoms with Gasteiger partial charge in [0, 0.05) is 11.8 Å². The van der Waals surface area contributed by atoms with Crippen molar-refractivity contribution in [2.75, 3.05) is 0 Å². The lowest BCUT2D eigenvalue weighted by molar-refractivity contribution is 0.856. The molecular weight excluding hydrogens is 260 g/mol. The molecule has 2 heterocycles. The first-order valence-electron chi connectivity index (χ1n) is 6.26. The molecule has 94 valence electrons. The van der Waals surface area contributed by atoms with Crippen LogP contribution in [0.25, 0.3) is 20.4 Å². The van der Waals surface area contributed by atoms with Crippen molar-refractivity contribution >= 4 is 43.1 Å². The fourth-order valence-corrected chi connectivity index (χ4v) is 4.16. The van der Waals surface area contributed by atoms with Gasteiger partial charge in [-0.2, -0.15) is 0 Å². The second kappa shape index (κ2) is 4.28.